The van der Waals surface area contributed by atoms with E-state index in [1.807, 2.05) is 44.2 Å². The Hall–Kier alpha value is -3.03. The van der Waals surface area contributed by atoms with E-state index < -0.39 is 18.0 Å². The summed E-state index contributed by atoms with van der Waals surface area (Å²) in [6.45, 7) is 7.79. The molecule has 146 valence electrons. The second-order valence-electron chi connectivity index (χ2n) is 6.90. The molecule has 1 unspecified atom stereocenters. The number of urea groups is 1. The van der Waals surface area contributed by atoms with Crippen LogP contribution in [0.3, 0.4) is 0 Å². The lowest BCUT2D eigenvalue weighted by Gasteiger charge is -2.14. The summed E-state index contributed by atoms with van der Waals surface area (Å²) in [7, 11) is 1.78. The lowest BCUT2D eigenvalue weighted by atomic mass is 10.2. The number of nitrogens with one attached hydrogen (secondary N) is 3. The predicted octanol–water partition coefficient (Wildman–Crippen LogP) is 1.77. The Balaban J connectivity index is 2.14. The van der Waals surface area contributed by atoms with Crippen molar-refractivity contribution in [3.05, 3.63) is 46.4 Å². The number of hydrogen-bond acceptors (Lipinski definition) is 4. The van der Waals surface area contributed by atoms with Crippen LogP contribution in [0.25, 0.3) is 5.69 Å². The van der Waals surface area contributed by atoms with Gasteiger partial charge >= 0.3 is 6.03 Å². The number of imide groups is 1. The zero-order valence-corrected chi connectivity index (χ0v) is 16.4. The topological polar surface area (TPSA) is 97.2 Å². The molecule has 0 bridgehead atoms. The number of nitrogens with zero attached hydrogens (tertiary/aromatic N) is 2. The van der Waals surface area contributed by atoms with E-state index in [4.69, 9.17) is 0 Å². The first kappa shape index (κ1) is 20.3. The van der Waals surface area contributed by atoms with Crippen molar-refractivity contribution in [3.63, 3.8) is 0 Å². The number of benzene rings is 1. The molecule has 0 radical (unpaired) electrons. The van der Waals surface area contributed by atoms with Crippen LogP contribution in [-0.4, -0.2) is 33.9 Å². The monoisotopic (exact) mass is 373 g/mol. The van der Waals surface area contributed by atoms with Crippen molar-refractivity contribution in [3.8, 4) is 5.69 Å². The Labute approximate surface area is 158 Å². The quantitative estimate of drug-likeness (QED) is 0.719. The van der Waals surface area contributed by atoms with Crippen molar-refractivity contribution in [1.82, 2.24) is 20.0 Å². The molecule has 0 aliphatic carbocycles. The normalized spacial score (nSPS) is 11.9. The van der Waals surface area contributed by atoms with E-state index in [1.54, 1.807) is 25.6 Å². The first-order valence-electron chi connectivity index (χ1n) is 8.91. The number of rotatable bonds is 6. The third-order valence-electron chi connectivity index (χ3n) is 4.22. The average molecular weight is 373 g/mol. The molecule has 0 aliphatic rings. The molecule has 8 nitrogen and oxygen atoms in total. The SMILES string of the molecule is Cc1c(NC(C)C(=O)NC(=O)NCC(C)C)c(=O)n(-c2ccccc2)n1C. The first-order valence-corrected chi connectivity index (χ1v) is 8.91. The highest BCUT2D eigenvalue weighted by Gasteiger charge is 2.21. The molecule has 1 heterocycles. The second-order valence-corrected chi connectivity index (χ2v) is 6.90. The van der Waals surface area contributed by atoms with Crippen molar-refractivity contribution in [1.29, 1.82) is 0 Å². The minimum Gasteiger partial charge on any atom is -0.368 e. The molecule has 27 heavy (non-hydrogen) atoms. The Morgan fingerprint density at radius 2 is 1.74 bits per heavy atom. The van der Waals surface area contributed by atoms with E-state index in [0.717, 1.165) is 5.69 Å². The Kier molecular flexibility index (Phi) is 6.44. The van der Waals surface area contributed by atoms with Crippen molar-refractivity contribution >= 4 is 17.6 Å². The van der Waals surface area contributed by atoms with Crippen molar-refractivity contribution < 1.29 is 9.59 Å². The number of hydrogen-bond donors (Lipinski definition) is 3. The van der Waals surface area contributed by atoms with Crippen LogP contribution in [0.5, 0.6) is 0 Å². The molecule has 0 spiro atoms. The van der Waals surface area contributed by atoms with Crippen molar-refractivity contribution in [2.75, 3.05) is 11.9 Å². The van der Waals surface area contributed by atoms with Gasteiger partial charge in [-0.25, -0.2) is 9.48 Å². The molecular weight excluding hydrogens is 346 g/mol. The van der Waals surface area contributed by atoms with Gasteiger partial charge < -0.3 is 10.6 Å². The van der Waals surface area contributed by atoms with Crippen LogP contribution in [0.15, 0.2) is 35.1 Å². The molecule has 0 saturated heterocycles. The maximum Gasteiger partial charge on any atom is 0.321 e. The molecule has 2 aromatic rings. The van der Waals surface area contributed by atoms with Gasteiger partial charge in [-0.15, -0.1) is 0 Å². The lowest BCUT2D eigenvalue weighted by Crippen LogP contribution is -2.46. The number of para-hydroxylation sites is 1. The summed E-state index contributed by atoms with van der Waals surface area (Å²) < 4.78 is 3.25. The van der Waals surface area contributed by atoms with Gasteiger partial charge in [0.05, 0.1) is 11.4 Å². The molecule has 1 atom stereocenters. The maximum atomic E-state index is 12.8. The molecule has 3 amide bonds. The van der Waals surface area contributed by atoms with E-state index in [2.05, 4.69) is 16.0 Å². The summed E-state index contributed by atoms with van der Waals surface area (Å²) in [5, 5.41) is 7.83. The van der Waals surface area contributed by atoms with Crippen LogP contribution < -0.4 is 21.5 Å². The smallest absolute Gasteiger partial charge is 0.321 e. The standard InChI is InChI=1S/C19H27N5O3/c1-12(2)11-20-19(27)22-17(25)13(3)21-16-14(4)23(5)24(18(16)26)15-9-7-6-8-10-15/h6-10,12-13,21H,11H2,1-5H3,(H2,20,22,25,27). The van der Waals surface area contributed by atoms with E-state index in [0.29, 0.717) is 17.9 Å². The lowest BCUT2D eigenvalue weighted by molar-refractivity contribution is -0.120. The number of carbonyl (C=O) groups is 2. The minimum atomic E-state index is -0.757. The highest BCUT2D eigenvalue weighted by molar-refractivity contribution is 5.98. The summed E-state index contributed by atoms with van der Waals surface area (Å²) in [6, 6.07) is 7.94. The Morgan fingerprint density at radius 3 is 2.33 bits per heavy atom. The van der Waals surface area contributed by atoms with Crippen LogP contribution in [0, 0.1) is 12.8 Å². The van der Waals surface area contributed by atoms with E-state index in [1.165, 1.54) is 4.68 Å². The Bertz CT molecular complexity index is 867. The molecule has 3 N–H and O–H groups in total. The number of amides is 3. The van der Waals surface area contributed by atoms with Crippen LogP contribution in [0.4, 0.5) is 10.5 Å². The minimum absolute atomic E-state index is 0.259. The van der Waals surface area contributed by atoms with Gasteiger partial charge in [-0.1, -0.05) is 32.0 Å². The third kappa shape index (κ3) is 4.78. The summed E-state index contributed by atoms with van der Waals surface area (Å²) in [5.74, 6) is -0.227. The van der Waals surface area contributed by atoms with Gasteiger partial charge in [0.25, 0.3) is 5.56 Å². The largest absolute Gasteiger partial charge is 0.368 e. The van der Waals surface area contributed by atoms with E-state index in [9.17, 15) is 14.4 Å². The molecule has 8 heteroatoms. The molecule has 0 aliphatic heterocycles. The summed E-state index contributed by atoms with van der Waals surface area (Å²) in [5.41, 5.74) is 1.48. The highest BCUT2D eigenvalue weighted by atomic mass is 16.2. The molecule has 0 fully saturated rings. The fraction of sp³-hybridized carbons (Fsp3) is 0.421. The molecule has 2 rings (SSSR count). The van der Waals surface area contributed by atoms with Gasteiger partial charge in [-0.3, -0.25) is 19.6 Å². The number of carbonyl (C=O) groups excluding carboxylic acids is 2. The maximum absolute atomic E-state index is 12.8. The van der Waals surface area contributed by atoms with Gasteiger partial charge in [0.1, 0.15) is 11.7 Å². The summed E-state index contributed by atoms with van der Waals surface area (Å²) in [4.78, 5) is 36.8. The zero-order chi connectivity index (χ0) is 20.1. The molecule has 0 saturated carbocycles. The second kappa shape index (κ2) is 8.57. The van der Waals surface area contributed by atoms with Gasteiger partial charge in [0, 0.05) is 13.6 Å². The summed E-state index contributed by atoms with van der Waals surface area (Å²) >= 11 is 0. The van der Waals surface area contributed by atoms with E-state index >= 15 is 0 Å². The predicted molar refractivity (Wildman–Crippen MR) is 105 cm³/mol. The fourth-order valence-electron chi connectivity index (χ4n) is 2.58. The van der Waals surface area contributed by atoms with Crippen LogP contribution >= 0.6 is 0 Å². The highest BCUT2D eigenvalue weighted by Crippen LogP contribution is 2.14. The molecular formula is C19H27N5O3. The zero-order valence-electron chi connectivity index (χ0n) is 16.4. The van der Waals surface area contributed by atoms with Crippen molar-refractivity contribution in [2.24, 2.45) is 13.0 Å². The van der Waals surface area contributed by atoms with Gasteiger partial charge in [-0.05, 0) is 31.9 Å². The first-order chi connectivity index (χ1) is 12.7. The van der Waals surface area contributed by atoms with Gasteiger partial charge in [-0.2, -0.15) is 0 Å². The number of aromatic nitrogens is 2. The van der Waals surface area contributed by atoms with Crippen LogP contribution in [-0.2, 0) is 11.8 Å². The fourth-order valence-corrected chi connectivity index (χ4v) is 2.58. The third-order valence-corrected chi connectivity index (χ3v) is 4.22. The van der Waals surface area contributed by atoms with Crippen LogP contribution in [0.2, 0.25) is 0 Å². The average Bonchev–Trinajstić information content (AvgIpc) is 2.84. The molecule has 1 aromatic heterocycles. The summed E-state index contributed by atoms with van der Waals surface area (Å²) in [6.07, 6.45) is 0. The molecule has 1 aromatic carbocycles. The van der Waals surface area contributed by atoms with Gasteiger partial charge in [0.15, 0.2) is 0 Å². The Morgan fingerprint density at radius 1 is 1.11 bits per heavy atom. The van der Waals surface area contributed by atoms with Crippen molar-refractivity contribution in [2.45, 2.75) is 33.7 Å². The van der Waals surface area contributed by atoms with Gasteiger partial charge in [0.2, 0.25) is 5.91 Å². The number of anilines is 1. The van der Waals surface area contributed by atoms with Crippen LogP contribution in [0.1, 0.15) is 26.5 Å². The van der Waals surface area contributed by atoms with E-state index in [-0.39, 0.29) is 11.5 Å².